The number of hydrogen-bond acceptors (Lipinski definition) is 5. The predicted molar refractivity (Wildman–Crippen MR) is 158 cm³/mol. The smallest absolute Gasteiger partial charge is 0.264 e. The minimum Gasteiger partial charge on any atom is -0.495 e. The lowest BCUT2D eigenvalue weighted by Gasteiger charge is -2.32. The molecule has 40 heavy (non-hydrogen) atoms. The molecule has 0 radical (unpaired) electrons. The van der Waals surface area contributed by atoms with Crippen molar-refractivity contribution in [1.82, 2.24) is 10.2 Å². The first-order chi connectivity index (χ1) is 18.9. The van der Waals surface area contributed by atoms with E-state index in [4.69, 9.17) is 27.9 Å². The van der Waals surface area contributed by atoms with Crippen LogP contribution >= 0.6 is 23.2 Å². The average molecular weight is 607 g/mol. The third kappa shape index (κ3) is 7.90. The van der Waals surface area contributed by atoms with Gasteiger partial charge in [-0.25, -0.2) is 8.42 Å². The molecule has 3 rings (SSSR count). The summed E-state index contributed by atoms with van der Waals surface area (Å²) in [4.78, 5) is 28.3. The maximum absolute atomic E-state index is 13.9. The molecule has 0 unspecified atom stereocenters. The first-order valence-electron chi connectivity index (χ1n) is 12.7. The van der Waals surface area contributed by atoms with Gasteiger partial charge in [0.1, 0.15) is 18.3 Å². The third-order valence-electron chi connectivity index (χ3n) is 6.13. The van der Waals surface area contributed by atoms with Crippen molar-refractivity contribution in [2.45, 2.75) is 38.3 Å². The lowest BCUT2D eigenvalue weighted by atomic mass is 10.1. The van der Waals surface area contributed by atoms with Gasteiger partial charge < -0.3 is 15.0 Å². The molecule has 0 aromatic heterocycles. The lowest BCUT2D eigenvalue weighted by Crippen LogP contribution is -2.51. The van der Waals surface area contributed by atoms with Crippen molar-refractivity contribution in [3.8, 4) is 5.75 Å². The Morgan fingerprint density at radius 3 is 2.25 bits per heavy atom. The Morgan fingerprint density at radius 1 is 0.950 bits per heavy atom. The van der Waals surface area contributed by atoms with Gasteiger partial charge in [-0.05, 0) is 60.9 Å². The summed E-state index contributed by atoms with van der Waals surface area (Å²) in [6.45, 7) is 5.43. The number of nitrogens with one attached hydrogen (secondary N) is 1. The zero-order valence-corrected chi connectivity index (χ0v) is 25.1. The second kappa shape index (κ2) is 13.9. The summed E-state index contributed by atoms with van der Waals surface area (Å²) < 4.78 is 33.8. The fourth-order valence-electron chi connectivity index (χ4n) is 3.93. The Hall–Kier alpha value is -3.27. The van der Waals surface area contributed by atoms with Crippen molar-refractivity contribution in [2.75, 3.05) is 24.5 Å². The summed E-state index contributed by atoms with van der Waals surface area (Å²) >= 11 is 12.5. The maximum atomic E-state index is 13.9. The van der Waals surface area contributed by atoms with Crippen molar-refractivity contribution in [1.29, 1.82) is 0 Å². The molecule has 1 atom stereocenters. The molecule has 8 nitrogen and oxygen atoms in total. The topological polar surface area (TPSA) is 96.0 Å². The van der Waals surface area contributed by atoms with Crippen LogP contribution in [0.3, 0.4) is 0 Å². The van der Waals surface area contributed by atoms with E-state index in [0.717, 1.165) is 4.31 Å². The van der Waals surface area contributed by atoms with E-state index >= 15 is 0 Å². The number of benzene rings is 3. The van der Waals surface area contributed by atoms with Crippen molar-refractivity contribution >= 4 is 50.7 Å². The first-order valence-corrected chi connectivity index (χ1v) is 14.9. The number of hydrogen-bond donors (Lipinski definition) is 1. The van der Waals surface area contributed by atoms with E-state index in [2.05, 4.69) is 5.32 Å². The highest BCUT2D eigenvalue weighted by Gasteiger charge is 2.32. The van der Waals surface area contributed by atoms with Gasteiger partial charge in [-0.3, -0.25) is 13.9 Å². The van der Waals surface area contributed by atoms with Crippen molar-refractivity contribution in [3.05, 3.63) is 88.4 Å². The summed E-state index contributed by atoms with van der Waals surface area (Å²) in [6.07, 6.45) is 0. The van der Waals surface area contributed by atoms with Gasteiger partial charge >= 0.3 is 0 Å². The monoisotopic (exact) mass is 605 g/mol. The van der Waals surface area contributed by atoms with Crippen LogP contribution in [0.4, 0.5) is 5.69 Å². The van der Waals surface area contributed by atoms with E-state index in [1.165, 1.54) is 42.3 Å². The number of anilines is 1. The molecule has 0 heterocycles. The lowest BCUT2D eigenvalue weighted by molar-refractivity contribution is -0.139. The fourth-order valence-corrected chi connectivity index (χ4v) is 5.82. The molecule has 3 aromatic rings. The van der Waals surface area contributed by atoms with Crippen LogP contribution in [0, 0.1) is 5.92 Å². The number of ether oxygens (including phenoxy) is 1. The molecule has 0 aliphatic heterocycles. The zero-order chi connectivity index (χ0) is 29.4. The minimum absolute atomic E-state index is 0.00106. The fraction of sp³-hybridized carbons (Fsp3) is 0.310. The molecule has 0 spiro atoms. The van der Waals surface area contributed by atoms with Crippen LogP contribution in [0.25, 0.3) is 0 Å². The number of sulfonamides is 1. The Balaban J connectivity index is 2.04. The van der Waals surface area contributed by atoms with Crippen LogP contribution in [-0.4, -0.2) is 51.4 Å². The molecule has 2 amide bonds. The predicted octanol–water partition coefficient (Wildman–Crippen LogP) is 5.39. The van der Waals surface area contributed by atoms with Gasteiger partial charge in [0.2, 0.25) is 11.8 Å². The SMILES string of the molecule is COc1ccc(N(CC(=O)N(Cc2cccc(Cl)c2)[C@@H](C)C(=O)NCC(C)C)S(=O)(=O)c2ccccc2)cc1Cl. The van der Waals surface area contributed by atoms with Crippen LogP contribution in [0.15, 0.2) is 77.7 Å². The van der Waals surface area contributed by atoms with Crippen molar-refractivity contribution in [3.63, 3.8) is 0 Å². The summed E-state index contributed by atoms with van der Waals surface area (Å²) in [6, 6.07) is 18.3. The number of carbonyl (C=O) groups excluding carboxylic acids is 2. The van der Waals surface area contributed by atoms with E-state index < -0.39 is 28.5 Å². The average Bonchev–Trinajstić information content (AvgIpc) is 2.93. The van der Waals surface area contributed by atoms with E-state index in [1.54, 1.807) is 49.4 Å². The molecule has 0 aliphatic rings. The van der Waals surface area contributed by atoms with Crippen LogP contribution in [-0.2, 0) is 26.2 Å². The van der Waals surface area contributed by atoms with E-state index in [-0.39, 0.29) is 34.0 Å². The highest BCUT2D eigenvalue weighted by Crippen LogP contribution is 2.32. The molecule has 0 saturated heterocycles. The molecule has 214 valence electrons. The summed E-state index contributed by atoms with van der Waals surface area (Å²) in [5, 5.41) is 3.51. The second-order valence-corrected chi connectivity index (χ2v) is 12.3. The molecule has 0 bridgehead atoms. The van der Waals surface area contributed by atoms with Crippen LogP contribution < -0.4 is 14.4 Å². The molecular weight excluding hydrogens is 573 g/mol. The van der Waals surface area contributed by atoms with Gasteiger partial charge in [0.25, 0.3) is 10.0 Å². The Morgan fingerprint density at radius 2 is 1.65 bits per heavy atom. The van der Waals surface area contributed by atoms with Crippen LogP contribution in [0.5, 0.6) is 5.75 Å². The van der Waals surface area contributed by atoms with Gasteiger partial charge in [0, 0.05) is 18.1 Å². The number of rotatable bonds is 12. The highest BCUT2D eigenvalue weighted by molar-refractivity contribution is 7.92. The molecule has 0 fully saturated rings. The molecular formula is C29H33Cl2N3O5S. The number of amides is 2. The van der Waals surface area contributed by atoms with Gasteiger partial charge in [0.05, 0.1) is 22.7 Å². The summed E-state index contributed by atoms with van der Waals surface area (Å²) in [5.74, 6) is -0.376. The van der Waals surface area contributed by atoms with Crippen LogP contribution in [0.2, 0.25) is 10.0 Å². The van der Waals surface area contributed by atoms with Gasteiger partial charge in [-0.2, -0.15) is 0 Å². The third-order valence-corrected chi connectivity index (χ3v) is 8.45. The van der Waals surface area contributed by atoms with Crippen molar-refractivity contribution < 1.29 is 22.7 Å². The number of nitrogens with zero attached hydrogens (tertiary/aromatic N) is 2. The molecule has 11 heteroatoms. The zero-order valence-electron chi connectivity index (χ0n) is 22.8. The molecule has 1 N–H and O–H groups in total. The van der Waals surface area contributed by atoms with Gasteiger partial charge in [-0.1, -0.05) is 67.4 Å². The summed E-state index contributed by atoms with van der Waals surface area (Å²) in [7, 11) is -2.75. The Bertz CT molecular complexity index is 1430. The quantitative estimate of drug-likeness (QED) is 0.299. The van der Waals surface area contributed by atoms with E-state index in [0.29, 0.717) is 22.9 Å². The van der Waals surface area contributed by atoms with E-state index in [9.17, 15) is 18.0 Å². The van der Waals surface area contributed by atoms with Crippen molar-refractivity contribution in [2.24, 2.45) is 5.92 Å². The van der Waals surface area contributed by atoms with Gasteiger partial charge in [0.15, 0.2) is 0 Å². The van der Waals surface area contributed by atoms with Crippen LogP contribution in [0.1, 0.15) is 26.3 Å². The number of methoxy groups -OCH3 is 1. The molecule has 0 aliphatic carbocycles. The van der Waals surface area contributed by atoms with Gasteiger partial charge in [-0.15, -0.1) is 0 Å². The number of carbonyl (C=O) groups is 2. The number of halogens is 2. The molecule has 0 saturated carbocycles. The standard InChI is InChI=1S/C29H33Cl2N3O5S/c1-20(2)17-32-29(36)21(3)33(18-22-9-8-10-23(30)15-22)28(35)19-34(24-13-14-27(39-4)26(31)16-24)40(37,38)25-11-6-5-7-12-25/h5-16,20-21H,17-19H2,1-4H3,(H,32,36)/t21-/m0/s1. The van der Waals surface area contributed by atoms with E-state index in [1.807, 2.05) is 13.8 Å². The Labute approximate surface area is 245 Å². The maximum Gasteiger partial charge on any atom is 0.264 e. The largest absolute Gasteiger partial charge is 0.495 e. The summed E-state index contributed by atoms with van der Waals surface area (Å²) in [5.41, 5.74) is 0.858. The first kappa shape index (κ1) is 31.3. The minimum atomic E-state index is -4.20. The Kier molecular flexibility index (Phi) is 10.8. The second-order valence-electron chi connectivity index (χ2n) is 9.61. The molecule has 3 aromatic carbocycles. The highest BCUT2D eigenvalue weighted by atomic mass is 35.5. The normalized spacial score (nSPS) is 12.1.